The van der Waals surface area contributed by atoms with Crippen LogP contribution in [0.25, 0.3) is 0 Å². The predicted octanol–water partition coefficient (Wildman–Crippen LogP) is 3.24. The highest BCUT2D eigenvalue weighted by Gasteiger charge is 2.26. The summed E-state index contributed by atoms with van der Waals surface area (Å²) >= 11 is 0. The second-order valence-electron chi connectivity index (χ2n) is 6.04. The van der Waals surface area contributed by atoms with Crippen LogP contribution in [0.1, 0.15) is 43.0 Å². The van der Waals surface area contributed by atoms with E-state index in [1.165, 1.54) is 5.56 Å². The summed E-state index contributed by atoms with van der Waals surface area (Å²) in [5, 5.41) is 12.4. The Morgan fingerprint density at radius 2 is 2.04 bits per heavy atom. The summed E-state index contributed by atoms with van der Waals surface area (Å²) in [5.41, 5.74) is 1.19. The number of aromatic nitrogens is 2. The van der Waals surface area contributed by atoms with Crippen LogP contribution in [-0.4, -0.2) is 27.1 Å². The number of benzene rings is 1. The minimum Gasteiger partial charge on any atom is -0.481 e. The lowest BCUT2D eigenvalue weighted by Gasteiger charge is -2.19. The van der Waals surface area contributed by atoms with Gasteiger partial charge in [-0.2, -0.15) is 0 Å². The van der Waals surface area contributed by atoms with Gasteiger partial charge in [0.25, 0.3) is 0 Å². The molecular formula is C18H21N3O2. The third-order valence-electron chi connectivity index (χ3n) is 4.00. The molecule has 0 radical (unpaired) electrons. The topological polar surface area (TPSA) is 75.1 Å². The molecule has 1 unspecified atom stereocenters. The summed E-state index contributed by atoms with van der Waals surface area (Å²) in [6, 6.07) is 12.0. The Bertz CT molecular complexity index is 656. The molecule has 1 atom stereocenters. The Labute approximate surface area is 135 Å². The van der Waals surface area contributed by atoms with E-state index >= 15 is 0 Å². The van der Waals surface area contributed by atoms with Crippen LogP contribution < -0.4 is 5.32 Å². The van der Waals surface area contributed by atoms with Gasteiger partial charge in [-0.25, -0.2) is 9.97 Å². The van der Waals surface area contributed by atoms with Crippen molar-refractivity contribution in [1.29, 1.82) is 0 Å². The molecule has 2 aromatic rings. The minimum absolute atomic E-state index is 0.0375. The molecule has 0 bridgehead atoms. The summed E-state index contributed by atoms with van der Waals surface area (Å²) in [7, 11) is 0. The highest BCUT2D eigenvalue weighted by Crippen LogP contribution is 2.38. The molecule has 1 aromatic heterocycles. The number of carbonyl (C=O) groups is 1. The number of nitrogens with one attached hydrogen (secondary N) is 1. The molecule has 0 spiro atoms. The number of anilines is 1. The molecule has 5 nitrogen and oxygen atoms in total. The number of carboxylic acids is 1. The minimum atomic E-state index is -0.772. The first-order valence-electron chi connectivity index (χ1n) is 8.06. The largest absolute Gasteiger partial charge is 0.481 e. The Morgan fingerprint density at radius 1 is 1.26 bits per heavy atom. The second-order valence-corrected chi connectivity index (χ2v) is 6.04. The lowest BCUT2D eigenvalue weighted by atomic mass is 10.0. The average Bonchev–Trinajstić information content (AvgIpc) is 3.39. The zero-order valence-electron chi connectivity index (χ0n) is 13.0. The Hall–Kier alpha value is -2.43. The van der Waals surface area contributed by atoms with E-state index in [2.05, 4.69) is 27.4 Å². The molecular weight excluding hydrogens is 290 g/mol. The van der Waals surface area contributed by atoms with Gasteiger partial charge in [0.15, 0.2) is 0 Å². The highest BCUT2D eigenvalue weighted by atomic mass is 16.4. The maximum Gasteiger partial charge on any atom is 0.303 e. The summed E-state index contributed by atoms with van der Waals surface area (Å²) < 4.78 is 0. The summed E-state index contributed by atoms with van der Waals surface area (Å²) in [5.74, 6) is 1.41. The van der Waals surface area contributed by atoms with Crippen molar-refractivity contribution in [1.82, 2.24) is 9.97 Å². The molecule has 1 aromatic carbocycles. The van der Waals surface area contributed by atoms with Crippen LogP contribution in [0.5, 0.6) is 0 Å². The molecule has 5 heteroatoms. The number of nitrogens with zero attached hydrogens (tertiary/aromatic N) is 2. The fraction of sp³-hybridized carbons (Fsp3) is 0.389. The number of rotatable bonds is 8. The molecule has 1 aliphatic rings. The normalized spacial score (nSPS) is 15.1. The maximum atomic E-state index is 10.9. The molecule has 1 saturated carbocycles. The molecule has 0 saturated heterocycles. The van der Waals surface area contributed by atoms with E-state index in [0.29, 0.717) is 12.3 Å². The molecule has 3 rings (SSSR count). The molecule has 0 amide bonds. The van der Waals surface area contributed by atoms with E-state index in [-0.39, 0.29) is 12.5 Å². The first-order valence-corrected chi connectivity index (χ1v) is 8.06. The zero-order valence-corrected chi connectivity index (χ0v) is 13.0. The van der Waals surface area contributed by atoms with Crippen molar-refractivity contribution in [3.05, 3.63) is 54.0 Å². The van der Waals surface area contributed by atoms with Crippen LogP contribution in [0.4, 0.5) is 5.82 Å². The van der Waals surface area contributed by atoms with E-state index < -0.39 is 5.97 Å². The van der Waals surface area contributed by atoms with Crippen LogP contribution in [0.3, 0.4) is 0 Å². The van der Waals surface area contributed by atoms with Gasteiger partial charge in [0.2, 0.25) is 0 Å². The van der Waals surface area contributed by atoms with Gasteiger partial charge >= 0.3 is 5.97 Å². The Balaban J connectivity index is 1.69. The lowest BCUT2D eigenvalue weighted by Crippen LogP contribution is -2.24. The third kappa shape index (κ3) is 4.77. The van der Waals surface area contributed by atoms with Crippen molar-refractivity contribution in [3.8, 4) is 0 Å². The van der Waals surface area contributed by atoms with Crippen LogP contribution in [0.2, 0.25) is 0 Å². The van der Waals surface area contributed by atoms with E-state index in [9.17, 15) is 4.79 Å². The van der Waals surface area contributed by atoms with Crippen molar-refractivity contribution >= 4 is 11.8 Å². The second kappa shape index (κ2) is 7.22. The van der Waals surface area contributed by atoms with E-state index in [1.807, 2.05) is 24.3 Å². The van der Waals surface area contributed by atoms with Gasteiger partial charge < -0.3 is 10.4 Å². The van der Waals surface area contributed by atoms with Gasteiger partial charge in [-0.05, 0) is 37.3 Å². The Morgan fingerprint density at radius 3 is 2.74 bits per heavy atom. The number of carboxylic acid groups (broad SMARTS) is 1. The predicted molar refractivity (Wildman–Crippen MR) is 88.4 cm³/mol. The smallest absolute Gasteiger partial charge is 0.303 e. The number of hydrogen-bond acceptors (Lipinski definition) is 4. The SMILES string of the molecule is O=C(O)CCC(Cc1ccccc1)Nc1ccnc(C2CC2)n1. The van der Waals surface area contributed by atoms with Crippen molar-refractivity contribution in [2.75, 3.05) is 5.32 Å². The molecule has 0 aliphatic heterocycles. The number of aliphatic carboxylic acids is 1. The van der Waals surface area contributed by atoms with Crippen molar-refractivity contribution in [3.63, 3.8) is 0 Å². The fourth-order valence-electron chi connectivity index (χ4n) is 2.62. The first kappa shape index (κ1) is 15.5. The zero-order chi connectivity index (χ0) is 16.1. The van der Waals surface area contributed by atoms with Gasteiger partial charge in [0.05, 0.1) is 0 Å². The van der Waals surface area contributed by atoms with Gasteiger partial charge in [0.1, 0.15) is 11.6 Å². The highest BCUT2D eigenvalue weighted by molar-refractivity contribution is 5.66. The standard InChI is InChI=1S/C18H21N3O2/c22-17(23)9-8-15(12-13-4-2-1-3-5-13)20-16-10-11-19-18(21-16)14-6-7-14/h1-5,10-11,14-15H,6-9,12H2,(H,22,23)(H,19,20,21). The maximum absolute atomic E-state index is 10.9. The van der Waals surface area contributed by atoms with Gasteiger partial charge in [-0.15, -0.1) is 0 Å². The van der Waals surface area contributed by atoms with Crippen molar-refractivity contribution in [2.45, 2.75) is 44.1 Å². The molecule has 1 aliphatic carbocycles. The molecule has 1 heterocycles. The number of hydrogen-bond donors (Lipinski definition) is 2. The van der Waals surface area contributed by atoms with Crippen molar-refractivity contribution in [2.24, 2.45) is 0 Å². The molecule has 1 fully saturated rings. The van der Waals surface area contributed by atoms with Gasteiger partial charge in [-0.3, -0.25) is 4.79 Å². The van der Waals surface area contributed by atoms with E-state index in [0.717, 1.165) is 30.9 Å². The van der Waals surface area contributed by atoms with E-state index in [1.54, 1.807) is 6.20 Å². The van der Waals surface area contributed by atoms with Crippen LogP contribution in [0, 0.1) is 0 Å². The lowest BCUT2D eigenvalue weighted by molar-refractivity contribution is -0.137. The monoisotopic (exact) mass is 311 g/mol. The molecule has 2 N–H and O–H groups in total. The third-order valence-corrected chi connectivity index (χ3v) is 4.00. The van der Waals surface area contributed by atoms with Gasteiger partial charge in [-0.1, -0.05) is 30.3 Å². The van der Waals surface area contributed by atoms with Crippen LogP contribution in [0.15, 0.2) is 42.6 Å². The quantitative estimate of drug-likeness (QED) is 0.783. The fourth-order valence-corrected chi connectivity index (χ4v) is 2.62. The molecule has 120 valence electrons. The Kier molecular flexibility index (Phi) is 4.86. The molecule has 23 heavy (non-hydrogen) atoms. The summed E-state index contributed by atoms with van der Waals surface area (Å²) in [4.78, 5) is 19.8. The van der Waals surface area contributed by atoms with Crippen LogP contribution >= 0.6 is 0 Å². The first-order chi connectivity index (χ1) is 11.2. The average molecular weight is 311 g/mol. The summed E-state index contributed by atoms with van der Waals surface area (Å²) in [6.07, 6.45) is 5.58. The van der Waals surface area contributed by atoms with Crippen LogP contribution in [-0.2, 0) is 11.2 Å². The van der Waals surface area contributed by atoms with E-state index in [4.69, 9.17) is 5.11 Å². The summed E-state index contributed by atoms with van der Waals surface area (Å²) in [6.45, 7) is 0. The van der Waals surface area contributed by atoms with Gasteiger partial charge in [0, 0.05) is 24.6 Å². The van der Waals surface area contributed by atoms with Crippen molar-refractivity contribution < 1.29 is 9.90 Å².